The lowest BCUT2D eigenvalue weighted by Gasteiger charge is -2.18. The number of aliphatic carboxylic acids is 1. The summed E-state index contributed by atoms with van der Waals surface area (Å²) < 4.78 is 11.3. The van der Waals surface area contributed by atoms with E-state index in [1.165, 1.54) is 7.11 Å². The molecular weight excluding hydrogens is 537 g/mol. The monoisotopic (exact) mass is 559 g/mol. The number of aromatic hydroxyl groups is 1. The maximum atomic E-state index is 12.5. The van der Waals surface area contributed by atoms with Crippen molar-refractivity contribution < 1.29 is 29.3 Å². The Balaban J connectivity index is 1.46. The number of ether oxygens (including phenoxy) is 2. The molecule has 8 heteroatoms. The molecule has 1 aliphatic rings. The van der Waals surface area contributed by atoms with Crippen molar-refractivity contribution in [2.24, 2.45) is 0 Å². The molecule has 0 saturated carbocycles. The van der Waals surface area contributed by atoms with E-state index in [-0.39, 0.29) is 30.4 Å². The number of rotatable bonds is 7. The zero-order valence-corrected chi connectivity index (χ0v) is 19.9. The molecule has 1 amide bonds. The first-order valence-electron chi connectivity index (χ1n) is 10.3. The smallest absolute Gasteiger partial charge is 0.407 e. The lowest BCUT2D eigenvalue weighted by atomic mass is 9.98. The van der Waals surface area contributed by atoms with Crippen LogP contribution in [0.3, 0.4) is 0 Å². The molecule has 170 valence electrons. The average molecular weight is 559 g/mol. The third-order valence-corrected chi connectivity index (χ3v) is 6.32. The fourth-order valence-electron chi connectivity index (χ4n) is 4.14. The highest BCUT2D eigenvalue weighted by molar-refractivity contribution is 14.1. The van der Waals surface area contributed by atoms with Gasteiger partial charge >= 0.3 is 12.1 Å². The normalized spacial score (nSPS) is 13.0. The minimum atomic E-state index is -1.28. The Labute approximate surface area is 204 Å². The number of halogens is 1. The van der Waals surface area contributed by atoms with Gasteiger partial charge in [-0.3, -0.25) is 0 Å². The minimum Gasteiger partial charge on any atom is -0.504 e. The summed E-state index contributed by atoms with van der Waals surface area (Å²) in [4.78, 5) is 24.3. The van der Waals surface area contributed by atoms with E-state index in [0.717, 1.165) is 25.8 Å². The van der Waals surface area contributed by atoms with Gasteiger partial charge in [-0.05, 0) is 57.0 Å². The van der Waals surface area contributed by atoms with Crippen molar-refractivity contribution in [3.05, 3.63) is 80.9 Å². The van der Waals surface area contributed by atoms with E-state index < -0.39 is 18.1 Å². The molecule has 0 bridgehead atoms. The number of carboxylic acid groups (broad SMARTS) is 1. The molecule has 0 fully saturated rings. The van der Waals surface area contributed by atoms with Gasteiger partial charge < -0.3 is 25.0 Å². The van der Waals surface area contributed by atoms with Gasteiger partial charge in [-0.2, -0.15) is 0 Å². The van der Waals surface area contributed by atoms with E-state index in [2.05, 4.69) is 5.32 Å². The Morgan fingerprint density at radius 3 is 2.24 bits per heavy atom. The van der Waals surface area contributed by atoms with Crippen LogP contribution in [0.2, 0.25) is 0 Å². The topological polar surface area (TPSA) is 105 Å². The van der Waals surface area contributed by atoms with Gasteiger partial charge in [-0.25, -0.2) is 9.59 Å². The van der Waals surface area contributed by atoms with Gasteiger partial charge in [0.2, 0.25) is 0 Å². The summed E-state index contributed by atoms with van der Waals surface area (Å²) in [5.74, 6) is -1.28. The van der Waals surface area contributed by atoms with Crippen LogP contribution >= 0.6 is 22.6 Å². The molecule has 3 N–H and O–H groups in total. The predicted molar refractivity (Wildman–Crippen MR) is 131 cm³/mol. The Kier molecular flexibility index (Phi) is 6.73. The maximum absolute atomic E-state index is 12.5. The van der Waals surface area contributed by atoms with Crippen molar-refractivity contribution in [1.82, 2.24) is 5.32 Å². The van der Waals surface area contributed by atoms with Gasteiger partial charge in [0.1, 0.15) is 12.6 Å². The summed E-state index contributed by atoms with van der Waals surface area (Å²) in [6.45, 7) is 0.0779. The molecule has 0 saturated heterocycles. The highest BCUT2D eigenvalue weighted by atomic mass is 127. The minimum absolute atomic E-state index is 0.0779. The summed E-state index contributed by atoms with van der Waals surface area (Å²) in [5.41, 5.74) is 4.70. The van der Waals surface area contributed by atoms with Gasteiger partial charge in [0.15, 0.2) is 11.5 Å². The number of phenolic OH excluding ortho intramolecular Hbond substituents is 1. The molecule has 4 rings (SSSR count). The second-order valence-electron chi connectivity index (χ2n) is 7.68. The Hall–Kier alpha value is -3.27. The van der Waals surface area contributed by atoms with Crippen LogP contribution < -0.4 is 10.1 Å². The molecule has 33 heavy (non-hydrogen) atoms. The van der Waals surface area contributed by atoms with Crippen molar-refractivity contribution in [1.29, 1.82) is 0 Å². The van der Waals surface area contributed by atoms with Crippen molar-refractivity contribution in [3.63, 3.8) is 0 Å². The van der Waals surface area contributed by atoms with Crippen LogP contribution in [0.25, 0.3) is 11.1 Å². The summed E-state index contributed by atoms with van der Waals surface area (Å²) in [7, 11) is 1.42. The van der Waals surface area contributed by atoms with Gasteiger partial charge in [0.05, 0.1) is 7.11 Å². The first kappa shape index (κ1) is 22.9. The van der Waals surface area contributed by atoms with Crippen molar-refractivity contribution >= 4 is 34.7 Å². The van der Waals surface area contributed by atoms with E-state index in [0.29, 0.717) is 5.56 Å². The number of amides is 1. The lowest BCUT2D eigenvalue weighted by Crippen LogP contribution is -2.43. The van der Waals surface area contributed by atoms with E-state index >= 15 is 0 Å². The first-order chi connectivity index (χ1) is 15.9. The van der Waals surface area contributed by atoms with Crippen molar-refractivity contribution in [2.45, 2.75) is 18.4 Å². The average Bonchev–Trinajstić information content (AvgIpc) is 3.13. The molecule has 0 heterocycles. The van der Waals surface area contributed by atoms with Crippen LogP contribution in [0.4, 0.5) is 4.79 Å². The fraction of sp³-hybridized carbons (Fsp3) is 0.200. The number of alkyl carbamates (subject to hydrolysis) is 1. The number of hydrogen-bond donors (Lipinski definition) is 3. The number of carboxylic acids is 1. The number of phenols is 1. The summed E-state index contributed by atoms with van der Waals surface area (Å²) in [6.07, 6.45) is -0.959. The fourth-order valence-corrected chi connectivity index (χ4v) is 4.80. The SMILES string of the molecule is COc1cc(I)cc(CC(NC(=O)OCC2c3ccccc3-c3ccccc32)C(=O)O)c1O. The highest BCUT2D eigenvalue weighted by Gasteiger charge is 2.30. The highest BCUT2D eigenvalue weighted by Crippen LogP contribution is 2.44. The maximum Gasteiger partial charge on any atom is 0.407 e. The standard InChI is InChI=1S/C25H22INO6/c1-32-22-12-15(26)10-14(23(22)28)11-21(24(29)30)27-25(31)33-13-20-18-8-4-2-6-16(18)17-7-3-5-9-19(17)20/h2-10,12,20-21,28H,11,13H2,1H3,(H,27,31)(H,29,30). The quantitative estimate of drug-likeness (QED) is 0.368. The van der Waals surface area contributed by atoms with Crippen LogP contribution in [-0.4, -0.2) is 42.0 Å². The number of nitrogens with one attached hydrogen (secondary N) is 1. The molecule has 0 spiro atoms. The number of methoxy groups -OCH3 is 1. The van der Waals surface area contributed by atoms with E-state index in [4.69, 9.17) is 9.47 Å². The predicted octanol–water partition coefficient (Wildman–Crippen LogP) is 4.54. The van der Waals surface area contributed by atoms with Crippen LogP contribution in [0.5, 0.6) is 11.5 Å². The van der Waals surface area contributed by atoms with E-state index in [1.54, 1.807) is 12.1 Å². The summed E-state index contributed by atoms with van der Waals surface area (Å²) in [6, 6.07) is 17.9. The molecule has 3 aromatic rings. The second-order valence-corrected chi connectivity index (χ2v) is 8.93. The number of carbonyl (C=O) groups excluding carboxylic acids is 1. The summed E-state index contributed by atoms with van der Waals surface area (Å²) >= 11 is 2.05. The van der Waals surface area contributed by atoms with Gasteiger partial charge in [0.25, 0.3) is 0 Å². The van der Waals surface area contributed by atoms with Crippen molar-refractivity contribution in [2.75, 3.05) is 13.7 Å². The largest absolute Gasteiger partial charge is 0.504 e. The first-order valence-corrected chi connectivity index (χ1v) is 11.4. The van der Waals surface area contributed by atoms with Gasteiger partial charge in [0, 0.05) is 21.5 Å². The molecule has 0 aliphatic heterocycles. The van der Waals surface area contributed by atoms with Crippen LogP contribution in [0, 0.1) is 3.57 Å². The molecular formula is C25H22INO6. The van der Waals surface area contributed by atoms with Gasteiger partial charge in [-0.15, -0.1) is 0 Å². The molecule has 1 aliphatic carbocycles. The summed E-state index contributed by atoms with van der Waals surface area (Å²) in [5, 5.41) is 22.4. The Bertz CT molecular complexity index is 1170. The molecule has 1 unspecified atom stereocenters. The molecule has 7 nitrogen and oxygen atoms in total. The van der Waals surface area contributed by atoms with E-state index in [1.807, 2.05) is 71.1 Å². The third-order valence-electron chi connectivity index (χ3n) is 5.70. The Morgan fingerprint density at radius 2 is 1.67 bits per heavy atom. The number of fused-ring (bicyclic) bond motifs is 3. The number of hydrogen-bond acceptors (Lipinski definition) is 5. The molecule has 0 aromatic heterocycles. The Morgan fingerprint density at radius 1 is 1.06 bits per heavy atom. The van der Waals surface area contributed by atoms with E-state index in [9.17, 15) is 19.8 Å². The lowest BCUT2D eigenvalue weighted by molar-refractivity contribution is -0.139. The van der Waals surface area contributed by atoms with Crippen molar-refractivity contribution in [3.8, 4) is 22.6 Å². The van der Waals surface area contributed by atoms with Gasteiger partial charge in [-0.1, -0.05) is 48.5 Å². The number of benzene rings is 3. The van der Waals surface area contributed by atoms with Crippen LogP contribution in [-0.2, 0) is 16.0 Å². The van der Waals surface area contributed by atoms with Crippen LogP contribution in [0.1, 0.15) is 22.6 Å². The zero-order chi connectivity index (χ0) is 23.5. The third kappa shape index (κ3) is 4.75. The molecule has 1 atom stereocenters. The number of carbonyl (C=O) groups is 2. The second kappa shape index (κ2) is 9.70. The molecule has 3 aromatic carbocycles. The zero-order valence-electron chi connectivity index (χ0n) is 17.7. The molecule has 0 radical (unpaired) electrons. The van der Waals surface area contributed by atoms with Crippen LogP contribution in [0.15, 0.2) is 60.7 Å².